The van der Waals surface area contributed by atoms with Gasteiger partial charge in [0.05, 0.1) is 5.41 Å². The molecule has 88 valence electrons. The zero-order valence-electron chi connectivity index (χ0n) is 8.99. The van der Waals surface area contributed by atoms with E-state index in [4.69, 9.17) is 11.6 Å². The van der Waals surface area contributed by atoms with Crippen LogP contribution in [0, 0.1) is 16.7 Å². The van der Waals surface area contributed by atoms with Crippen molar-refractivity contribution in [2.24, 2.45) is 16.7 Å². The molecule has 1 unspecified atom stereocenters. The third-order valence-corrected chi connectivity index (χ3v) is 3.74. The van der Waals surface area contributed by atoms with Gasteiger partial charge in [0.1, 0.15) is 20.0 Å². The lowest BCUT2D eigenvalue weighted by Gasteiger charge is -2.23. The highest BCUT2D eigenvalue weighted by molar-refractivity contribution is 6.30. The minimum Gasteiger partial charge on any atom is -0.250 e. The van der Waals surface area contributed by atoms with Crippen LogP contribution in [-0.4, -0.2) is 20.0 Å². The summed E-state index contributed by atoms with van der Waals surface area (Å²) in [6.07, 6.45) is 2.55. The van der Waals surface area contributed by atoms with Crippen LogP contribution in [0.25, 0.3) is 0 Å². The summed E-state index contributed by atoms with van der Waals surface area (Å²) < 4.78 is 37.9. The summed E-state index contributed by atoms with van der Waals surface area (Å²) in [6, 6.07) is 0. The monoisotopic (exact) mass is 240 g/mol. The summed E-state index contributed by atoms with van der Waals surface area (Å²) in [6.45, 7) is 0.800. The fourth-order valence-corrected chi connectivity index (χ4v) is 1.75. The summed E-state index contributed by atoms with van der Waals surface area (Å²) in [5, 5.41) is -0.00873. The fraction of sp³-hybridized carbons (Fsp3) is 0.818. The molecule has 4 heteroatoms. The van der Waals surface area contributed by atoms with Crippen LogP contribution < -0.4 is 0 Å². The van der Waals surface area contributed by atoms with Gasteiger partial charge < -0.3 is 0 Å². The van der Waals surface area contributed by atoms with Crippen LogP contribution in [0.3, 0.4) is 0 Å². The lowest BCUT2D eigenvalue weighted by atomic mass is 9.91. The van der Waals surface area contributed by atoms with Gasteiger partial charge >= 0.3 is 0 Å². The molecule has 1 fully saturated rings. The molecule has 0 aromatic carbocycles. The Labute approximate surface area is 93.5 Å². The number of alkyl halides is 3. The molecule has 0 aromatic rings. The SMILES string of the molecule is CC1(C)CC1/C=C(\Cl)C(CF)(CF)CF. The Morgan fingerprint density at radius 2 is 1.73 bits per heavy atom. The van der Waals surface area contributed by atoms with Crippen molar-refractivity contribution in [2.45, 2.75) is 20.3 Å². The van der Waals surface area contributed by atoms with Crippen molar-refractivity contribution in [3.05, 3.63) is 11.1 Å². The lowest BCUT2D eigenvalue weighted by molar-refractivity contribution is 0.158. The largest absolute Gasteiger partial charge is 0.250 e. The molecule has 0 nitrogen and oxygen atoms in total. The van der Waals surface area contributed by atoms with Gasteiger partial charge in [-0.25, -0.2) is 13.2 Å². The third-order valence-electron chi connectivity index (χ3n) is 3.21. The van der Waals surface area contributed by atoms with Gasteiger partial charge in [-0.3, -0.25) is 0 Å². The molecule has 0 spiro atoms. The van der Waals surface area contributed by atoms with Gasteiger partial charge in [0.15, 0.2) is 0 Å². The molecule has 0 aliphatic heterocycles. The van der Waals surface area contributed by atoms with E-state index in [1.165, 1.54) is 0 Å². The predicted molar refractivity (Wildman–Crippen MR) is 56.2 cm³/mol. The van der Waals surface area contributed by atoms with E-state index in [-0.39, 0.29) is 16.4 Å². The summed E-state index contributed by atoms with van der Waals surface area (Å²) in [5.41, 5.74) is -1.62. The second-order valence-corrected chi connectivity index (χ2v) is 5.40. The highest BCUT2D eigenvalue weighted by Crippen LogP contribution is 2.54. The molecular weight excluding hydrogens is 225 g/mol. The van der Waals surface area contributed by atoms with E-state index in [1.807, 2.05) is 13.8 Å². The first-order chi connectivity index (χ1) is 6.91. The second kappa shape index (κ2) is 4.36. The molecule has 1 saturated carbocycles. The minimum absolute atomic E-state index is 0.00873. The number of hydrogen-bond acceptors (Lipinski definition) is 0. The van der Waals surface area contributed by atoms with Gasteiger partial charge in [0, 0.05) is 5.03 Å². The van der Waals surface area contributed by atoms with Crippen molar-refractivity contribution < 1.29 is 13.2 Å². The Morgan fingerprint density at radius 1 is 1.33 bits per heavy atom. The van der Waals surface area contributed by atoms with Crippen molar-refractivity contribution >= 4 is 11.6 Å². The Balaban J connectivity index is 2.77. The number of hydrogen-bond donors (Lipinski definition) is 0. The van der Waals surface area contributed by atoms with E-state index in [1.54, 1.807) is 6.08 Å². The Hall–Kier alpha value is -0.180. The van der Waals surface area contributed by atoms with Gasteiger partial charge in [-0.1, -0.05) is 31.5 Å². The van der Waals surface area contributed by atoms with Crippen LogP contribution in [0.5, 0.6) is 0 Å². The van der Waals surface area contributed by atoms with Gasteiger partial charge in [0.2, 0.25) is 0 Å². The minimum atomic E-state index is -1.75. The van der Waals surface area contributed by atoms with Crippen LogP contribution in [0.15, 0.2) is 11.1 Å². The van der Waals surface area contributed by atoms with Crippen LogP contribution >= 0.6 is 11.6 Å². The van der Waals surface area contributed by atoms with Crippen LogP contribution in [0.1, 0.15) is 20.3 Å². The molecular formula is C11H16ClF3. The molecule has 15 heavy (non-hydrogen) atoms. The maximum absolute atomic E-state index is 12.6. The van der Waals surface area contributed by atoms with Crippen molar-refractivity contribution in [2.75, 3.05) is 20.0 Å². The smallest absolute Gasteiger partial charge is 0.105 e. The zero-order valence-corrected chi connectivity index (χ0v) is 9.75. The normalized spacial score (nSPS) is 25.5. The van der Waals surface area contributed by atoms with Gasteiger partial charge in [-0.15, -0.1) is 0 Å². The summed E-state index contributed by atoms with van der Waals surface area (Å²) in [4.78, 5) is 0. The van der Waals surface area contributed by atoms with E-state index in [9.17, 15) is 13.2 Å². The number of rotatable bonds is 5. The topological polar surface area (TPSA) is 0 Å². The molecule has 1 atom stereocenters. The van der Waals surface area contributed by atoms with Gasteiger partial charge in [-0.2, -0.15) is 0 Å². The van der Waals surface area contributed by atoms with Gasteiger partial charge in [-0.05, 0) is 17.8 Å². The molecule has 0 amide bonds. The standard InChI is InChI=1S/C11H16ClF3/c1-10(2)4-8(10)3-9(12)11(5-13,6-14)7-15/h3,8H,4-7H2,1-2H3/b9-3-. The molecule has 0 aromatic heterocycles. The maximum Gasteiger partial charge on any atom is 0.105 e. The lowest BCUT2D eigenvalue weighted by Crippen LogP contribution is -2.29. The van der Waals surface area contributed by atoms with Gasteiger partial charge in [0.25, 0.3) is 0 Å². The average Bonchev–Trinajstić information content (AvgIpc) is 2.77. The van der Waals surface area contributed by atoms with Crippen molar-refractivity contribution in [3.8, 4) is 0 Å². The first-order valence-electron chi connectivity index (χ1n) is 4.97. The molecule has 1 rings (SSSR count). The van der Waals surface area contributed by atoms with Crippen molar-refractivity contribution in [1.29, 1.82) is 0 Å². The average molecular weight is 241 g/mol. The van der Waals surface area contributed by atoms with Crippen molar-refractivity contribution in [3.63, 3.8) is 0 Å². The molecule has 0 N–H and O–H groups in total. The summed E-state index contributed by atoms with van der Waals surface area (Å²) >= 11 is 5.81. The molecule has 0 heterocycles. The summed E-state index contributed by atoms with van der Waals surface area (Å²) in [7, 11) is 0. The quantitative estimate of drug-likeness (QED) is 0.680. The molecule has 0 saturated heterocycles. The van der Waals surface area contributed by atoms with Crippen LogP contribution in [0.4, 0.5) is 13.2 Å². The summed E-state index contributed by atoms with van der Waals surface area (Å²) in [5.74, 6) is 0.217. The molecule has 1 aliphatic rings. The van der Waals surface area contributed by atoms with Crippen molar-refractivity contribution in [1.82, 2.24) is 0 Å². The van der Waals surface area contributed by atoms with E-state index in [0.717, 1.165) is 6.42 Å². The highest BCUT2D eigenvalue weighted by Gasteiger charge is 2.45. The third kappa shape index (κ3) is 2.49. The molecule has 0 bridgehead atoms. The first kappa shape index (κ1) is 12.9. The van der Waals surface area contributed by atoms with Crippen LogP contribution in [0.2, 0.25) is 0 Å². The number of allylic oxidation sites excluding steroid dienone is 2. The van der Waals surface area contributed by atoms with E-state index in [0.29, 0.717) is 0 Å². The predicted octanol–water partition coefficient (Wildman–Crippen LogP) is 4.05. The highest BCUT2D eigenvalue weighted by atomic mass is 35.5. The second-order valence-electron chi connectivity index (χ2n) is 5.00. The first-order valence-corrected chi connectivity index (χ1v) is 5.35. The van der Waals surface area contributed by atoms with Crippen LogP contribution in [-0.2, 0) is 0 Å². The molecule has 0 radical (unpaired) electrons. The van der Waals surface area contributed by atoms with E-state index < -0.39 is 25.4 Å². The number of halogens is 4. The molecule has 1 aliphatic carbocycles. The van der Waals surface area contributed by atoms with E-state index >= 15 is 0 Å². The Kier molecular flexibility index (Phi) is 3.75. The maximum atomic E-state index is 12.6. The van der Waals surface area contributed by atoms with E-state index in [2.05, 4.69) is 0 Å². The fourth-order valence-electron chi connectivity index (χ4n) is 1.44. The Morgan fingerprint density at radius 3 is 2.00 bits per heavy atom. The zero-order chi connectivity index (χ0) is 11.7. The Bertz CT molecular complexity index is 248.